The Bertz CT molecular complexity index is 1180. The number of benzene rings is 4. The smallest absolute Gasteiger partial charge is 0.156 e. The van der Waals surface area contributed by atoms with Crippen molar-refractivity contribution in [1.29, 1.82) is 0 Å². The number of fused-ring (bicyclic) bond motifs is 1. The summed E-state index contributed by atoms with van der Waals surface area (Å²) >= 11 is 18.7. The minimum absolute atomic E-state index is 0.0632. The number of anilines is 1. The summed E-state index contributed by atoms with van der Waals surface area (Å²) in [6.07, 6.45) is 0. The molecule has 152 valence electrons. The Hall–Kier alpha value is -2.46. The molecule has 0 fully saturated rings. The van der Waals surface area contributed by atoms with Gasteiger partial charge in [-0.15, -0.1) is 0 Å². The van der Waals surface area contributed by atoms with Gasteiger partial charge in [0.1, 0.15) is 12.4 Å². The summed E-state index contributed by atoms with van der Waals surface area (Å²) in [6, 6.07) is 22.3. The zero-order valence-electron chi connectivity index (χ0n) is 15.8. The predicted octanol–water partition coefficient (Wildman–Crippen LogP) is 8.13. The topological polar surface area (TPSA) is 21.3 Å². The minimum atomic E-state index is -0.457. The first-order valence-electron chi connectivity index (χ1n) is 9.27. The van der Waals surface area contributed by atoms with Gasteiger partial charge in [-0.05, 0) is 52.2 Å². The molecule has 4 aromatic carbocycles. The van der Waals surface area contributed by atoms with Crippen LogP contribution in [0, 0.1) is 5.82 Å². The Morgan fingerprint density at radius 2 is 1.53 bits per heavy atom. The largest absolute Gasteiger partial charge is 0.486 e. The molecule has 0 unspecified atom stereocenters. The first-order chi connectivity index (χ1) is 14.5. The molecule has 0 saturated heterocycles. The Balaban J connectivity index is 1.47. The molecule has 0 spiro atoms. The summed E-state index contributed by atoms with van der Waals surface area (Å²) in [7, 11) is 0. The van der Waals surface area contributed by atoms with Gasteiger partial charge in [0.05, 0.1) is 15.1 Å². The van der Waals surface area contributed by atoms with Crippen LogP contribution < -0.4 is 10.1 Å². The van der Waals surface area contributed by atoms with Gasteiger partial charge in [-0.2, -0.15) is 0 Å². The second kappa shape index (κ2) is 9.13. The van der Waals surface area contributed by atoms with Crippen molar-refractivity contribution in [2.24, 2.45) is 0 Å². The Kier molecular flexibility index (Phi) is 6.33. The van der Waals surface area contributed by atoms with Crippen LogP contribution in [0.4, 0.5) is 10.1 Å². The second-order valence-corrected chi connectivity index (χ2v) is 8.02. The highest BCUT2D eigenvalue weighted by molar-refractivity contribution is 6.37. The zero-order valence-corrected chi connectivity index (χ0v) is 18.0. The molecule has 4 rings (SSSR count). The van der Waals surface area contributed by atoms with Crippen LogP contribution in [0.25, 0.3) is 10.8 Å². The average Bonchev–Trinajstić information content (AvgIpc) is 2.74. The van der Waals surface area contributed by atoms with Gasteiger partial charge >= 0.3 is 0 Å². The zero-order chi connectivity index (χ0) is 21.1. The van der Waals surface area contributed by atoms with Gasteiger partial charge in [0.2, 0.25) is 0 Å². The number of halogens is 4. The molecule has 0 aliphatic rings. The second-order valence-electron chi connectivity index (χ2n) is 6.80. The van der Waals surface area contributed by atoms with Crippen molar-refractivity contribution in [3.05, 3.63) is 105 Å². The standard InChI is InChI=1S/C24H17Cl3FNO/c25-20-12-18(8-9-23(20)28)29-13-15-10-21(26)24(22(27)11-15)30-14-17-6-3-5-16-4-1-2-7-19(16)17/h1-12,29H,13-14H2. The Morgan fingerprint density at radius 3 is 2.30 bits per heavy atom. The summed E-state index contributed by atoms with van der Waals surface area (Å²) in [5, 5.41) is 6.37. The van der Waals surface area contributed by atoms with Crippen molar-refractivity contribution in [2.45, 2.75) is 13.2 Å². The lowest BCUT2D eigenvalue weighted by Crippen LogP contribution is -2.02. The molecule has 0 atom stereocenters. The molecular weight excluding hydrogens is 444 g/mol. The third-order valence-corrected chi connectivity index (χ3v) is 5.58. The van der Waals surface area contributed by atoms with Crippen molar-refractivity contribution in [1.82, 2.24) is 0 Å². The van der Waals surface area contributed by atoms with E-state index in [-0.39, 0.29) is 5.02 Å². The number of hydrogen-bond acceptors (Lipinski definition) is 2. The molecule has 0 saturated carbocycles. The van der Waals surface area contributed by atoms with Gasteiger partial charge in [-0.3, -0.25) is 0 Å². The molecular formula is C24H17Cl3FNO. The molecule has 30 heavy (non-hydrogen) atoms. The fraction of sp³-hybridized carbons (Fsp3) is 0.0833. The fourth-order valence-corrected chi connectivity index (χ4v) is 4.05. The van der Waals surface area contributed by atoms with Crippen molar-refractivity contribution in [3.8, 4) is 5.75 Å². The maximum Gasteiger partial charge on any atom is 0.156 e. The number of hydrogen-bond donors (Lipinski definition) is 1. The maximum atomic E-state index is 13.3. The lowest BCUT2D eigenvalue weighted by atomic mass is 10.1. The van der Waals surface area contributed by atoms with E-state index in [9.17, 15) is 4.39 Å². The Morgan fingerprint density at radius 1 is 0.800 bits per heavy atom. The van der Waals surface area contributed by atoms with Crippen molar-refractivity contribution < 1.29 is 9.13 Å². The van der Waals surface area contributed by atoms with Crippen LogP contribution in [-0.2, 0) is 13.2 Å². The van der Waals surface area contributed by atoms with E-state index in [1.807, 2.05) is 24.3 Å². The molecule has 0 aliphatic carbocycles. The third kappa shape index (κ3) is 4.65. The normalized spacial score (nSPS) is 10.9. The molecule has 0 amide bonds. The van der Waals surface area contributed by atoms with E-state index in [2.05, 4.69) is 23.5 Å². The molecule has 0 aliphatic heterocycles. The number of nitrogens with one attached hydrogen (secondary N) is 1. The van der Waals surface area contributed by atoms with E-state index >= 15 is 0 Å². The molecule has 2 nitrogen and oxygen atoms in total. The van der Waals surface area contributed by atoms with E-state index < -0.39 is 5.82 Å². The Labute approximate surface area is 189 Å². The number of ether oxygens (including phenoxy) is 1. The van der Waals surface area contributed by atoms with Gasteiger partial charge in [0.15, 0.2) is 5.75 Å². The summed E-state index contributed by atoms with van der Waals surface area (Å²) in [6.45, 7) is 0.803. The fourth-order valence-electron chi connectivity index (χ4n) is 3.23. The van der Waals surface area contributed by atoms with Crippen LogP contribution in [-0.4, -0.2) is 0 Å². The molecule has 0 heterocycles. The van der Waals surface area contributed by atoms with Gasteiger partial charge in [-0.1, -0.05) is 77.3 Å². The van der Waals surface area contributed by atoms with E-state index in [1.54, 1.807) is 18.2 Å². The van der Waals surface area contributed by atoms with Crippen LogP contribution >= 0.6 is 34.8 Å². The molecule has 0 bridgehead atoms. The molecule has 1 N–H and O–H groups in total. The van der Waals surface area contributed by atoms with Gasteiger partial charge < -0.3 is 10.1 Å². The monoisotopic (exact) mass is 459 g/mol. The van der Waals surface area contributed by atoms with Crippen LogP contribution in [0.1, 0.15) is 11.1 Å². The van der Waals surface area contributed by atoms with Crippen LogP contribution in [0.2, 0.25) is 15.1 Å². The van der Waals surface area contributed by atoms with Crippen molar-refractivity contribution >= 4 is 51.3 Å². The van der Waals surface area contributed by atoms with E-state index in [4.69, 9.17) is 39.5 Å². The average molecular weight is 461 g/mol. The quantitative estimate of drug-likeness (QED) is 0.313. The summed E-state index contributed by atoms with van der Waals surface area (Å²) in [5.41, 5.74) is 2.62. The summed E-state index contributed by atoms with van der Waals surface area (Å²) in [4.78, 5) is 0. The molecule has 6 heteroatoms. The number of rotatable bonds is 6. The SMILES string of the molecule is Fc1ccc(NCc2cc(Cl)c(OCc3cccc4ccccc34)c(Cl)c2)cc1Cl. The first kappa shape index (κ1) is 20.8. The van der Waals surface area contributed by atoms with Gasteiger partial charge in [-0.25, -0.2) is 4.39 Å². The van der Waals surface area contributed by atoms with Gasteiger partial charge in [0.25, 0.3) is 0 Å². The van der Waals surface area contributed by atoms with E-state index in [1.165, 1.54) is 12.1 Å². The molecule has 0 radical (unpaired) electrons. The first-order valence-corrected chi connectivity index (χ1v) is 10.4. The molecule has 0 aromatic heterocycles. The highest BCUT2D eigenvalue weighted by Gasteiger charge is 2.11. The lowest BCUT2D eigenvalue weighted by Gasteiger charge is -2.14. The molecule has 4 aromatic rings. The van der Waals surface area contributed by atoms with Crippen LogP contribution in [0.15, 0.2) is 72.8 Å². The van der Waals surface area contributed by atoms with Crippen molar-refractivity contribution in [3.63, 3.8) is 0 Å². The van der Waals surface area contributed by atoms with Crippen molar-refractivity contribution in [2.75, 3.05) is 5.32 Å². The highest BCUT2D eigenvalue weighted by atomic mass is 35.5. The summed E-state index contributed by atoms with van der Waals surface area (Å²) < 4.78 is 19.3. The van der Waals surface area contributed by atoms with E-state index in [0.717, 1.165) is 21.9 Å². The summed E-state index contributed by atoms with van der Waals surface area (Å²) in [5.74, 6) is -0.0131. The van der Waals surface area contributed by atoms with Gasteiger partial charge in [0, 0.05) is 12.2 Å². The van der Waals surface area contributed by atoms with Crippen LogP contribution in [0.3, 0.4) is 0 Å². The van der Waals surface area contributed by atoms with E-state index in [0.29, 0.717) is 34.6 Å². The predicted molar refractivity (Wildman–Crippen MR) is 123 cm³/mol. The lowest BCUT2D eigenvalue weighted by molar-refractivity contribution is 0.308. The minimum Gasteiger partial charge on any atom is -0.486 e. The third-order valence-electron chi connectivity index (χ3n) is 4.73. The highest BCUT2D eigenvalue weighted by Crippen LogP contribution is 2.35. The van der Waals surface area contributed by atoms with Crippen LogP contribution in [0.5, 0.6) is 5.75 Å². The maximum absolute atomic E-state index is 13.3.